The third kappa shape index (κ3) is 3.71. The fraction of sp³-hybridized carbons (Fsp3) is 0.429. The van der Waals surface area contributed by atoms with Crippen molar-refractivity contribution in [2.75, 3.05) is 19.7 Å². The Morgan fingerprint density at radius 3 is 2.70 bits per heavy atom. The first kappa shape index (κ1) is 14.3. The van der Waals surface area contributed by atoms with Crippen LogP contribution in [0.5, 0.6) is 0 Å². The van der Waals surface area contributed by atoms with Gasteiger partial charge in [-0.25, -0.2) is 9.59 Å². The zero-order valence-corrected chi connectivity index (χ0v) is 11.3. The Balaban J connectivity index is 1.85. The monoisotopic (exact) mass is 278 g/mol. The predicted octanol–water partition coefficient (Wildman–Crippen LogP) is 1.32. The van der Waals surface area contributed by atoms with Crippen molar-refractivity contribution in [2.45, 2.75) is 19.6 Å². The van der Waals surface area contributed by atoms with Crippen LogP contribution >= 0.6 is 0 Å². The van der Waals surface area contributed by atoms with Crippen LogP contribution in [-0.4, -0.2) is 47.8 Å². The predicted molar refractivity (Wildman–Crippen MR) is 72.6 cm³/mol. The number of carbonyl (C=O) groups is 2. The molecule has 0 radical (unpaired) electrons. The maximum atomic E-state index is 12.0. The summed E-state index contributed by atoms with van der Waals surface area (Å²) in [4.78, 5) is 24.4. The third-order valence-electron chi connectivity index (χ3n) is 3.17. The molecule has 0 bridgehead atoms. The zero-order valence-electron chi connectivity index (χ0n) is 11.3. The summed E-state index contributed by atoms with van der Waals surface area (Å²) in [6, 6.07) is 6.33. The minimum atomic E-state index is -0.956. The first-order chi connectivity index (χ1) is 9.56. The standard InChI is InChI=1S/C14H18N2O4/c1-10-9-16(6-7-20-10)14(19)15-8-11-2-4-12(5-3-11)13(17)18/h2-5,10H,6-9H2,1H3,(H,15,19)(H,17,18). The fourth-order valence-corrected chi connectivity index (χ4v) is 2.06. The van der Waals surface area contributed by atoms with Gasteiger partial charge in [0.05, 0.1) is 18.3 Å². The molecule has 0 saturated carbocycles. The van der Waals surface area contributed by atoms with Gasteiger partial charge in [-0.15, -0.1) is 0 Å². The minimum absolute atomic E-state index is 0.0596. The van der Waals surface area contributed by atoms with E-state index in [2.05, 4.69) is 5.32 Å². The molecular weight excluding hydrogens is 260 g/mol. The van der Waals surface area contributed by atoms with Gasteiger partial charge in [0.25, 0.3) is 0 Å². The molecule has 1 aliphatic rings. The molecule has 1 aromatic rings. The lowest BCUT2D eigenvalue weighted by atomic mass is 10.1. The third-order valence-corrected chi connectivity index (χ3v) is 3.17. The number of nitrogens with one attached hydrogen (secondary N) is 1. The smallest absolute Gasteiger partial charge is 0.335 e. The van der Waals surface area contributed by atoms with Gasteiger partial charge in [0, 0.05) is 19.6 Å². The first-order valence-corrected chi connectivity index (χ1v) is 6.53. The summed E-state index contributed by atoms with van der Waals surface area (Å²) >= 11 is 0. The number of carboxylic acid groups (broad SMARTS) is 1. The fourth-order valence-electron chi connectivity index (χ4n) is 2.06. The molecule has 1 fully saturated rings. The number of hydrogen-bond donors (Lipinski definition) is 2. The summed E-state index contributed by atoms with van der Waals surface area (Å²) in [6.45, 7) is 4.05. The molecule has 1 unspecified atom stereocenters. The van der Waals surface area contributed by atoms with Crippen LogP contribution in [0.15, 0.2) is 24.3 Å². The zero-order chi connectivity index (χ0) is 14.5. The highest BCUT2D eigenvalue weighted by Crippen LogP contribution is 2.06. The number of urea groups is 1. The molecule has 0 aliphatic carbocycles. The first-order valence-electron chi connectivity index (χ1n) is 6.53. The van der Waals surface area contributed by atoms with Gasteiger partial charge in [-0.1, -0.05) is 12.1 Å². The molecule has 0 spiro atoms. The van der Waals surface area contributed by atoms with Crippen LogP contribution in [0.2, 0.25) is 0 Å². The van der Waals surface area contributed by atoms with E-state index in [-0.39, 0.29) is 17.7 Å². The highest BCUT2D eigenvalue weighted by atomic mass is 16.5. The lowest BCUT2D eigenvalue weighted by molar-refractivity contribution is -0.00351. The number of benzene rings is 1. The number of hydrogen-bond acceptors (Lipinski definition) is 3. The summed E-state index contributed by atoms with van der Waals surface area (Å²) in [5.74, 6) is -0.956. The number of ether oxygens (including phenoxy) is 1. The van der Waals surface area contributed by atoms with Crippen molar-refractivity contribution in [2.24, 2.45) is 0 Å². The molecule has 1 saturated heterocycles. The summed E-state index contributed by atoms with van der Waals surface area (Å²) in [5.41, 5.74) is 1.10. The number of amides is 2. The van der Waals surface area contributed by atoms with E-state index in [1.165, 1.54) is 12.1 Å². The summed E-state index contributed by atoms with van der Waals surface area (Å²) in [6.07, 6.45) is 0.0596. The quantitative estimate of drug-likeness (QED) is 0.874. The normalized spacial score (nSPS) is 18.6. The Morgan fingerprint density at radius 1 is 1.40 bits per heavy atom. The maximum absolute atomic E-state index is 12.0. The average Bonchev–Trinajstić information content (AvgIpc) is 2.45. The summed E-state index contributed by atoms with van der Waals surface area (Å²) in [5, 5.41) is 11.6. The van der Waals surface area contributed by atoms with Crippen molar-refractivity contribution in [3.63, 3.8) is 0 Å². The van der Waals surface area contributed by atoms with Crippen LogP contribution in [0.4, 0.5) is 4.79 Å². The number of morpholine rings is 1. The molecule has 6 heteroatoms. The SMILES string of the molecule is CC1CN(C(=O)NCc2ccc(C(=O)O)cc2)CCO1. The van der Waals surface area contributed by atoms with Gasteiger partial charge in [-0.2, -0.15) is 0 Å². The van der Waals surface area contributed by atoms with Crippen molar-refractivity contribution in [3.05, 3.63) is 35.4 Å². The number of rotatable bonds is 3. The Kier molecular flexibility index (Phi) is 4.57. The second-order valence-corrected chi connectivity index (χ2v) is 4.79. The molecule has 1 aromatic carbocycles. The lowest BCUT2D eigenvalue weighted by Gasteiger charge is -2.31. The van der Waals surface area contributed by atoms with Crippen molar-refractivity contribution in [1.29, 1.82) is 0 Å². The molecule has 1 aliphatic heterocycles. The Labute approximate surface area is 117 Å². The Hall–Kier alpha value is -2.08. The minimum Gasteiger partial charge on any atom is -0.478 e. The van der Waals surface area contributed by atoms with E-state index in [0.717, 1.165) is 5.56 Å². The van der Waals surface area contributed by atoms with Crippen LogP contribution in [0, 0.1) is 0 Å². The maximum Gasteiger partial charge on any atom is 0.335 e. The Morgan fingerprint density at radius 2 is 2.10 bits per heavy atom. The second-order valence-electron chi connectivity index (χ2n) is 4.79. The van der Waals surface area contributed by atoms with E-state index in [1.54, 1.807) is 17.0 Å². The molecular formula is C14H18N2O4. The number of carbonyl (C=O) groups excluding carboxylic acids is 1. The topological polar surface area (TPSA) is 78.9 Å². The van der Waals surface area contributed by atoms with Crippen LogP contribution in [0.1, 0.15) is 22.8 Å². The van der Waals surface area contributed by atoms with E-state index in [9.17, 15) is 9.59 Å². The molecule has 20 heavy (non-hydrogen) atoms. The number of carboxylic acids is 1. The van der Waals surface area contributed by atoms with Crippen LogP contribution in [0.25, 0.3) is 0 Å². The van der Waals surface area contributed by atoms with Crippen LogP contribution in [-0.2, 0) is 11.3 Å². The average molecular weight is 278 g/mol. The largest absolute Gasteiger partial charge is 0.478 e. The molecule has 2 amide bonds. The molecule has 1 heterocycles. The van der Waals surface area contributed by atoms with Gasteiger partial charge in [-0.3, -0.25) is 0 Å². The van der Waals surface area contributed by atoms with Crippen molar-refractivity contribution in [1.82, 2.24) is 10.2 Å². The summed E-state index contributed by atoms with van der Waals surface area (Å²) in [7, 11) is 0. The molecule has 2 rings (SSSR count). The highest BCUT2D eigenvalue weighted by Gasteiger charge is 2.20. The second kappa shape index (κ2) is 6.38. The van der Waals surface area contributed by atoms with Gasteiger partial charge >= 0.3 is 12.0 Å². The van der Waals surface area contributed by atoms with Crippen LogP contribution < -0.4 is 5.32 Å². The molecule has 108 valence electrons. The van der Waals surface area contributed by atoms with Gasteiger partial charge in [0.1, 0.15) is 0 Å². The molecule has 1 atom stereocenters. The Bertz CT molecular complexity index is 486. The van der Waals surface area contributed by atoms with Crippen molar-refractivity contribution >= 4 is 12.0 Å². The molecule has 2 N–H and O–H groups in total. The van der Waals surface area contributed by atoms with E-state index < -0.39 is 5.97 Å². The van der Waals surface area contributed by atoms with E-state index in [1.807, 2.05) is 6.92 Å². The van der Waals surface area contributed by atoms with Crippen molar-refractivity contribution < 1.29 is 19.4 Å². The summed E-state index contributed by atoms with van der Waals surface area (Å²) < 4.78 is 5.38. The van der Waals surface area contributed by atoms with Crippen LogP contribution in [0.3, 0.4) is 0 Å². The number of nitrogens with zero attached hydrogens (tertiary/aromatic N) is 1. The van der Waals surface area contributed by atoms with Crippen molar-refractivity contribution in [3.8, 4) is 0 Å². The van der Waals surface area contributed by atoms with Gasteiger partial charge < -0.3 is 20.1 Å². The van der Waals surface area contributed by atoms with E-state index in [0.29, 0.717) is 26.2 Å². The van der Waals surface area contributed by atoms with E-state index >= 15 is 0 Å². The van der Waals surface area contributed by atoms with Gasteiger partial charge in [0.15, 0.2) is 0 Å². The molecule has 0 aromatic heterocycles. The van der Waals surface area contributed by atoms with Gasteiger partial charge in [-0.05, 0) is 24.6 Å². The highest BCUT2D eigenvalue weighted by molar-refractivity contribution is 5.87. The molecule has 6 nitrogen and oxygen atoms in total. The van der Waals surface area contributed by atoms with Gasteiger partial charge in [0.2, 0.25) is 0 Å². The number of aromatic carboxylic acids is 1. The van der Waals surface area contributed by atoms with E-state index in [4.69, 9.17) is 9.84 Å². The lowest BCUT2D eigenvalue weighted by Crippen LogP contribution is -2.48.